The van der Waals surface area contributed by atoms with Gasteiger partial charge in [0.05, 0.1) is 5.95 Å². The minimum absolute atomic E-state index is 0.231. The van der Waals surface area contributed by atoms with Gasteiger partial charge < -0.3 is 9.52 Å². The molecule has 4 heteroatoms. The molecule has 0 saturated carbocycles. The lowest BCUT2D eigenvalue weighted by Crippen LogP contribution is -2.02. The fourth-order valence-corrected chi connectivity index (χ4v) is 2.87. The first kappa shape index (κ1) is 10.1. The van der Waals surface area contributed by atoms with Gasteiger partial charge in [-0.15, -0.1) is 11.3 Å². The normalized spacial score (nSPS) is 11.1. The van der Waals surface area contributed by atoms with Crippen molar-refractivity contribution in [3.63, 3.8) is 0 Å². The fraction of sp³-hybridized carbons (Fsp3) is 0. The van der Waals surface area contributed by atoms with Crippen LogP contribution in [0.5, 0.6) is 5.95 Å². The van der Waals surface area contributed by atoms with E-state index in [9.17, 15) is 5.11 Å². The molecular weight excluding hydrogens is 234 g/mol. The van der Waals surface area contributed by atoms with E-state index in [1.165, 1.54) is 11.3 Å². The lowest BCUT2D eigenvalue weighted by Gasteiger charge is -2.14. The third kappa shape index (κ3) is 1.31. The van der Waals surface area contributed by atoms with E-state index in [-0.39, 0.29) is 4.67 Å². The summed E-state index contributed by atoms with van der Waals surface area (Å²) in [4.78, 5) is 0.842. The van der Waals surface area contributed by atoms with Crippen molar-refractivity contribution < 1.29 is 9.52 Å². The SMILES string of the molecule is C=Cc1sc(=N)c2c([O-])oc3ccccc3c1-2. The van der Waals surface area contributed by atoms with Gasteiger partial charge in [-0.1, -0.05) is 30.9 Å². The molecule has 0 aromatic heterocycles. The Labute approximate surface area is 101 Å². The largest absolute Gasteiger partial charge is 0.578 e. The molecule has 0 atom stereocenters. The fourth-order valence-electron chi connectivity index (χ4n) is 1.97. The zero-order valence-corrected chi connectivity index (χ0v) is 9.64. The van der Waals surface area contributed by atoms with Crippen molar-refractivity contribution in [2.75, 3.05) is 0 Å². The molecule has 0 amide bonds. The quantitative estimate of drug-likeness (QED) is 0.713. The van der Waals surface area contributed by atoms with Crippen LogP contribution in [-0.4, -0.2) is 0 Å². The maximum absolute atomic E-state index is 11.8. The Morgan fingerprint density at radius 3 is 2.82 bits per heavy atom. The van der Waals surface area contributed by atoms with Crippen molar-refractivity contribution >= 4 is 28.4 Å². The predicted octanol–water partition coefficient (Wildman–Crippen LogP) is 2.80. The highest BCUT2D eigenvalue weighted by molar-refractivity contribution is 7.11. The number of thiophene rings is 1. The number of rotatable bonds is 1. The van der Waals surface area contributed by atoms with E-state index in [0.717, 1.165) is 15.8 Å². The monoisotopic (exact) mass is 242 g/mol. The second kappa shape index (κ2) is 3.46. The van der Waals surface area contributed by atoms with Crippen molar-refractivity contribution in [2.45, 2.75) is 0 Å². The Morgan fingerprint density at radius 1 is 1.29 bits per heavy atom. The van der Waals surface area contributed by atoms with E-state index in [0.29, 0.717) is 11.1 Å². The molecule has 0 bridgehead atoms. The average Bonchev–Trinajstić information content (AvgIpc) is 2.67. The van der Waals surface area contributed by atoms with Gasteiger partial charge in [0.1, 0.15) is 4.67 Å². The van der Waals surface area contributed by atoms with Gasteiger partial charge in [0, 0.05) is 21.6 Å². The average molecular weight is 242 g/mol. The van der Waals surface area contributed by atoms with E-state index in [2.05, 4.69) is 6.58 Å². The molecule has 0 aliphatic carbocycles. The molecule has 1 aromatic carbocycles. The van der Waals surface area contributed by atoms with E-state index in [4.69, 9.17) is 9.83 Å². The third-order valence-corrected chi connectivity index (χ3v) is 3.68. The van der Waals surface area contributed by atoms with Crippen molar-refractivity contribution in [2.24, 2.45) is 0 Å². The maximum atomic E-state index is 11.8. The van der Waals surface area contributed by atoms with Crippen LogP contribution in [0.15, 0.2) is 35.3 Å². The summed E-state index contributed by atoms with van der Waals surface area (Å²) in [5, 5.41) is 20.5. The first-order valence-electron chi connectivity index (χ1n) is 5.04. The second-order valence-electron chi connectivity index (χ2n) is 3.64. The van der Waals surface area contributed by atoms with Crippen LogP contribution in [0.3, 0.4) is 0 Å². The predicted molar refractivity (Wildman–Crippen MR) is 66.1 cm³/mol. The van der Waals surface area contributed by atoms with Crippen LogP contribution in [0.25, 0.3) is 28.2 Å². The van der Waals surface area contributed by atoms with E-state index >= 15 is 0 Å². The summed E-state index contributed by atoms with van der Waals surface area (Å²) >= 11 is 1.25. The Balaban J connectivity index is 2.64. The zero-order valence-electron chi connectivity index (χ0n) is 8.82. The summed E-state index contributed by atoms with van der Waals surface area (Å²) in [6.07, 6.45) is 1.68. The summed E-state index contributed by atoms with van der Waals surface area (Å²) in [5.41, 5.74) is 1.68. The summed E-state index contributed by atoms with van der Waals surface area (Å²) in [5.74, 6) is -0.451. The zero-order chi connectivity index (χ0) is 12.0. The van der Waals surface area contributed by atoms with Gasteiger partial charge in [0.15, 0.2) is 0 Å². The minimum atomic E-state index is -0.451. The summed E-state index contributed by atoms with van der Waals surface area (Å²) in [7, 11) is 0. The summed E-state index contributed by atoms with van der Waals surface area (Å²) < 4.78 is 5.44. The number of benzene rings is 1. The first-order valence-corrected chi connectivity index (χ1v) is 5.86. The second-order valence-corrected chi connectivity index (χ2v) is 4.69. The standard InChI is InChI=1S/C13H9NO2S/c1-2-9-10-7-5-3-4-6-8(7)16-13(15)11(10)12(14)17-9/h2-6,14-15H,1H2/p-1. The van der Waals surface area contributed by atoms with Gasteiger partial charge in [0.2, 0.25) is 0 Å². The molecular formula is C13H8NO2S-. The highest BCUT2D eigenvalue weighted by Gasteiger charge is 2.16. The molecule has 2 heterocycles. The van der Waals surface area contributed by atoms with Crippen molar-refractivity contribution in [1.82, 2.24) is 0 Å². The molecule has 1 aromatic rings. The van der Waals surface area contributed by atoms with E-state index < -0.39 is 5.95 Å². The lowest BCUT2D eigenvalue weighted by molar-refractivity contribution is -0.292. The minimum Gasteiger partial charge on any atom is -0.578 e. The molecule has 0 spiro atoms. The molecule has 1 N–H and O–H groups in total. The Morgan fingerprint density at radius 2 is 2.06 bits per heavy atom. The van der Waals surface area contributed by atoms with E-state index in [1.807, 2.05) is 18.2 Å². The summed E-state index contributed by atoms with van der Waals surface area (Å²) in [6.45, 7) is 3.73. The van der Waals surface area contributed by atoms with Crippen LogP contribution in [0.4, 0.5) is 0 Å². The van der Waals surface area contributed by atoms with Crippen LogP contribution in [0.2, 0.25) is 0 Å². The van der Waals surface area contributed by atoms with Crippen LogP contribution in [-0.2, 0) is 0 Å². The molecule has 0 saturated heterocycles. The number of hydrogen-bond acceptors (Lipinski definition) is 4. The number of hydrogen-bond donors (Lipinski definition) is 1. The molecule has 2 aliphatic rings. The van der Waals surface area contributed by atoms with Crippen LogP contribution < -0.4 is 9.78 Å². The van der Waals surface area contributed by atoms with Gasteiger partial charge in [-0.05, 0) is 11.5 Å². The molecule has 3 rings (SSSR count). The Hall–Kier alpha value is -2.07. The smallest absolute Gasteiger partial charge is 0.117 e. The van der Waals surface area contributed by atoms with Gasteiger partial charge >= 0.3 is 0 Å². The van der Waals surface area contributed by atoms with Gasteiger partial charge in [0.25, 0.3) is 0 Å². The molecule has 3 nitrogen and oxygen atoms in total. The highest BCUT2D eigenvalue weighted by Crippen LogP contribution is 2.39. The molecule has 2 aliphatic heterocycles. The molecule has 0 radical (unpaired) electrons. The lowest BCUT2D eigenvalue weighted by atomic mass is 10.0. The summed E-state index contributed by atoms with van der Waals surface area (Å²) in [6, 6.07) is 7.35. The van der Waals surface area contributed by atoms with Crippen LogP contribution in [0, 0.1) is 5.41 Å². The molecule has 0 unspecified atom stereocenters. The number of nitrogens with one attached hydrogen (secondary N) is 1. The maximum Gasteiger partial charge on any atom is 0.117 e. The number of fused-ring (bicyclic) bond motifs is 3. The van der Waals surface area contributed by atoms with Gasteiger partial charge in [-0.25, -0.2) is 0 Å². The topological polar surface area (TPSA) is 60.0 Å². The van der Waals surface area contributed by atoms with Crippen LogP contribution in [0.1, 0.15) is 4.88 Å². The van der Waals surface area contributed by atoms with Crippen LogP contribution >= 0.6 is 11.3 Å². The van der Waals surface area contributed by atoms with E-state index in [1.54, 1.807) is 12.1 Å². The molecule has 0 fully saturated rings. The first-order chi connectivity index (χ1) is 8.22. The highest BCUT2D eigenvalue weighted by atomic mass is 32.1. The van der Waals surface area contributed by atoms with Gasteiger partial charge in [-0.3, -0.25) is 5.41 Å². The van der Waals surface area contributed by atoms with Crippen molar-refractivity contribution in [3.8, 4) is 17.1 Å². The van der Waals surface area contributed by atoms with Crippen molar-refractivity contribution in [3.05, 3.63) is 40.4 Å². The Kier molecular flexibility index (Phi) is 2.06. The van der Waals surface area contributed by atoms with Gasteiger partial charge in [-0.2, -0.15) is 0 Å². The molecule has 17 heavy (non-hydrogen) atoms. The Bertz CT molecular complexity index is 754. The molecule has 84 valence electrons. The third-order valence-electron chi connectivity index (χ3n) is 2.68. The number of para-hydroxylation sites is 1. The van der Waals surface area contributed by atoms with Crippen molar-refractivity contribution in [1.29, 1.82) is 5.41 Å².